The van der Waals surface area contributed by atoms with Crippen LogP contribution >= 0.6 is 11.8 Å². The van der Waals surface area contributed by atoms with Gasteiger partial charge in [0.1, 0.15) is 16.4 Å². The van der Waals surface area contributed by atoms with Crippen LogP contribution in [0.4, 0.5) is 10.1 Å². The number of rotatable bonds is 5. The molecular weight excluding hydrogens is 401 g/mol. The Bertz CT molecular complexity index is 1230. The number of anilines is 1. The lowest BCUT2D eigenvalue weighted by Crippen LogP contribution is -2.16. The number of H-pyrrole nitrogens is 1. The molecule has 2 aromatic heterocycles. The molecule has 0 radical (unpaired) electrons. The van der Waals surface area contributed by atoms with Gasteiger partial charge in [-0.1, -0.05) is 41.6 Å². The Morgan fingerprint density at radius 1 is 1.13 bits per heavy atom. The van der Waals surface area contributed by atoms with Crippen molar-refractivity contribution < 1.29 is 9.18 Å². The molecule has 0 fully saturated rings. The van der Waals surface area contributed by atoms with E-state index in [2.05, 4.69) is 25.3 Å². The van der Waals surface area contributed by atoms with E-state index >= 15 is 0 Å². The lowest BCUT2D eigenvalue weighted by Gasteiger charge is -2.13. The maximum atomic E-state index is 14.2. The highest BCUT2D eigenvalue weighted by molar-refractivity contribution is 8.00. The number of thioether (sulfide) groups is 1. The van der Waals surface area contributed by atoms with E-state index in [9.17, 15) is 9.18 Å². The van der Waals surface area contributed by atoms with Crippen molar-refractivity contribution in [2.24, 2.45) is 0 Å². The molecule has 0 bridgehead atoms. The normalized spacial score (nSPS) is 11.1. The number of carbonyl (C=O) groups excluding carboxylic acids is 1. The molecule has 2 N–H and O–H groups in total. The molecule has 4 rings (SSSR count). The smallest absolute Gasteiger partial charge is 0.234 e. The number of hydrogen-bond donors (Lipinski definition) is 2. The molecule has 0 aliphatic carbocycles. The number of benzene rings is 2. The van der Waals surface area contributed by atoms with Gasteiger partial charge in [-0.3, -0.25) is 4.79 Å². The van der Waals surface area contributed by atoms with Crippen LogP contribution < -0.4 is 5.32 Å². The largest absolute Gasteiger partial charge is 0.341 e. The highest BCUT2D eigenvalue weighted by atomic mass is 32.2. The van der Waals surface area contributed by atoms with E-state index in [1.54, 1.807) is 18.2 Å². The number of halogens is 1. The number of hydrogen-bond acceptors (Lipinski definition) is 5. The number of nitrogens with one attached hydrogen (secondary N) is 2. The fraction of sp³-hybridized carbons (Fsp3) is 0.182. The lowest BCUT2D eigenvalue weighted by molar-refractivity contribution is -0.113. The summed E-state index contributed by atoms with van der Waals surface area (Å²) in [6, 6.07) is 10.4. The average Bonchev–Trinajstić information content (AvgIpc) is 3.18. The van der Waals surface area contributed by atoms with Gasteiger partial charge in [0, 0.05) is 5.69 Å². The average molecular weight is 422 g/mol. The highest BCUT2D eigenvalue weighted by Gasteiger charge is 2.16. The summed E-state index contributed by atoms with van der Waals surface area (Å²) < 4.78 is 14.2. The molecular formula is C22H20FN5OS. The van der Waals surface area contributed by atoms with E-state index in [0.29, 0.717) is 21.8 Å². The second-order valence-electron chi connectivity index (χ2n) is 7.04. The number of nitrogens with zero attached hydrogens (tertiary/aromatic N) is 3. The van der Waals surface area contributed by atoms with Gasteiger partial charge >= 0.3 is 0 Å². The first-order valence-electron chi connectivity index (χ1n) is 9.39. The minimum atomic E-state index is -0.411. The summed E-state index contributed by atoms with van der Waals surface area (Å²) in [6.07, 6.45) is 1.51. The third kappa shape index (κ3) is 4.04. The van der Waals surface area contributed by atoms with E-state index in [1.165, 1.54) is 24.2 Å². The third-order valence-corrected chi connectivity index (χ3v) is 5.62. The van der Waals surface area contributed by atoms with Crippen LogP contribution in [0.1, 0.15) is 16.7 Å². The molecule has 2 aromatic carbocycles. The summed E-state index contributed by atoms with van der Waals surface area (Å²) in [5.41, 5.74) is 5.36. The molecule has 0 saturated carbocycles. The predicted octanol–water partition coefficient (Wildman–Crippen LogP) is 4.82. The van der Waals surface area contributed by atoms with Gasteiger partial charge in [0.05, 0.1) is 17.6 Å². The van der Waals surface area contributed by atoms with Gasteiger partial charge in [-0.25, -0.2) is 19.3 Å². The van der Waals surface area contributed by atoms with Crippen LogP contribution in [0, 0.1) is 26.6 Å². The monoisotopic (exact) mass is 421 g/mol. The molecule has 0 spiro atoms. The van der Waals surface area contributed by atoms with Gasteiger partial charge in [-0.15, -0.1) is 0 Å². The van der Waals surface area contributed by atoms with Gasteiger partial charge in [0.2, 0.25) is 5.91 Å². The van der Waals surface area contributed by atoms with Crippen molar-refractivity contribution in [3.8, 4) is 11.4 Å². The van der Waals surface area contributed by atoms with Crippen molar-refractivity contribution >= 4 is 34.5 Å². The molecule has 0 unspecified atom stereocenters. The first-order chi connectivity index (χ1) is 14.4. The quantitative estimate of drug-likeness (QED) is 0.357. The SMILES string of the molecule is Cc1cc(C)c(NC(=O)CSc2nc(-c3ccccc3F)nc3nc[nH]c23)c(C)c1. The molecule has 2 heterocycles. The molecule has 8 heteroatoms. The van der Waals surface area contributed by atoms with Crippen molar-refractivity contribution in [3.63, 3.8) is 0 Å². The van der Waals surface area contributed by atoms with Crippen LogP contribution in [-0.4, -0.2) is 31.6 Å². The summed E-state index contributed by atoms with van der Waals surface area (Å²) in [5, 5.41) is 3.53. The number of aryl methyl sites for hydroxylation is 3. The molecule has 0 aliphatic heterocycles. The van der Waals surface area contributed by atoms with Crippen molar-refractivity contribution in [3.05, 3.63) is 65.2 Å². The standard InChI is InChI=1S/C22H20FN5OS/c1-12-8-13(2)18(14(3)9-12)26-17(29)10-30-22-19-21(25-11-24-19)27-20(28-22)15-6-4-5-7-16(15)23/h4-9,11H,10H2,1-3H3,(H,26,29)(H,24,25,27,28). The van der Waals surface area contributed by atoms with Crippen molar-refractivity contribution in [2.75, 3.05) is 11.1 Å². The first kappa shape index (κ1) is 20.0. The zero-order chi connectivity index (χ0) is 21.3. The highest BCUT2D eigenvalue weighted by Crippen LogP contribution is 2.28. The molecule has 4 aromatic rings. The van der Waals surface area contributed by atoms with Gasteiger partial charge in [-0.2, -0.15) is 0 Å². The topological polar surface area (TPSA) is 83.6 Å². The molecule has 1 amide bonds. The number of aromatic amines is 1. The van der Waals surface area contributed by atoms with E-state index in [1.807, 2.05) is 32.9 Å². The number of fused-ring (bicyclic) bond motifs is 1. The second-order valence-corrected chi connectivity index (χ2v) is 8.01. The predicted molar refractivity (Wildman–Crippen MR) is 117 cm³/mol. The summed E-state index contributed by atoms with van der Waals surface area (Å²) >= 11 is 1.25. The number of carbonyl (C=O) groups is 1. The Hall–Kier alpha value is -3.26. The maximum Gasteiger partial charge on any atom is 0.234 e. The van der Waals surface area contributed by atoms with E-state index in [-0.39, 0.29) is 17.5 Å². The zero-order valence-electron chi connectivity index (χ0n) is 16.8. The van der Waals surface area contributed by atoms with E-state index in [0.717, 1.165) is 22.4 Å². The van der Waals surface area contributed by atoms with Crippen LogP contribution in [0.5, 0.6) is 0 Å². The third-order valence-electron chi connectivity index (χ3n) is 4.65. The van der Waals surface area contributed by atoms with Crippen LogP contribution in [0.25, 0.3) is 22.6 Å². The Morgan fingerprint density at radius 2 is 1.87 bits per heavy atom. The molecule has 152 valence electrons. The number of aromatic nitrogens is 4. The fourth-order valence-corrected chi connectivity index (χ4v) is 4.15. The molecule has 0 saturated heterocycles. The molecule has 6 nitrogen and oxygen atoms in total. The minimum Gasteiger partial charge on any atom is -0.341 e. The van der Waals surface area contributed by atoms with E-state index in [4.69, 9.17) is 0 Å². The zero-order valence-corrected chi connectivity index (χ0v) is 17.6. The van der Waals surface area contributed by atoms with Crippen LogP contribution in [0.15, 0.2) is 47.8 Å². The fourth-order valence-electron chi connectivity index (χ4n) is 3.36. The van der Waals surface area contributed by atoms with Gasteiger partial charge in [0.15, 0.2) is 11.5 Å². The summed E-state index contributed by atoms with van der Waals surface area (Å²) in [4.78, 5) is 28.6. The number of amides is 1. The van der Waals surface area contributed by atoms with Crippen molar-refractivity contribution in [2.45, 2.75) is 25.8 Å². The Kier molecular flexibility index (Phi) is 5.50. The maximum absolute atomic E-state index is 14.2. The molecule has 0 atom stereocenters. The van der Waals surface area contributed by atoms with Crippen LogP contribution in [-0.2, 0) is 4.79 Å². The van der Waals surface area contributed by atoms with E-state index < -0.39 is 5.82 Å². The summed E-state index contributed by atoms with van der Waals surface area (Å²) in [5.74, 6) is -0.171. The van der Waals surface area contributed by atoms with Crippen LogP contribution in [0.3, 0.4) is 0 Å². The van der Waals surface area contributed by atoms with Gasteiger partial charge in [0.25, 0.3) is 0 Å². The van der Waals surface area contributed by atoms with Gasteiger partial charge in [-0.05, 0) is 44.0 Å². The Balaban J connectivity index is 1.58. The molecule has 0 aliphatic rings. The Morgan fingerprint density at radius 3 is 2.60 bits per heavy atom. The van der Waals surface area contributed by atoms with Crippen molar-refractivity contribution in [1.29, 1.82) is 0 Å². The summed E-state index contributed by atoms with van der Waals surface area (Å²) in [7, 11) is 0. The lowest BCUT2D eigenvalue weighted by atomic mass is 10.1. The second kappa shape index (κ2) is 8.23. The van der Waals surface area contributed by atoms with Crippen molar-refractivity contribution in [1.82, 2.24) is 19.9 Å². The summed E-state index contributed by atoms with van der Waals surface area (Å²) in [6.45, 7) is 5.98. The minimum absolute atomic E-state index is 0.145. The van der Waals surface area contributed by atoms with Gasteiger partial charge < -0.3 is 10.3 Å². The Labute approximate surface area is 177 Å². The molecule has 30 heavy (non-hydrogen) atoms. The first-order valence-corrected chi connectivity index (χ1v) is 10.4. The number of imidazole rings is 1. The van der Waals surface area contributed by atoms with Crippen LogP contribution in [0.2, 0.25) is 0 Å².